The van der Waals surface area contributed by atoms with E-state index < -0.39 is 5.82 Å². The van der Waals surface area contributed by atoms with Gasteiger partial charge in [0.2, 0.25) is 0 Å². The topological polar surface area (TPSA) is 50.5 Å². The minimum Gasteiger partial charge on any atom is -0.481 e. The summed E-state index contributed by atoms with van der Waals surface area (Å²) >= 11 is 0. The van der Waals surface area contributed by atoms with Crippen molar-refractivity contribution in [2.75, 3.05) is 0 Å². The van der Waals surface area contributed by atoms with Crippen LogP contribution in [0.25, 0.3) is 28.2 Å². The van der Waals surface area contributed by atoms with Crippen molar-refractivity contribution in [1.82, 2.24) is 8.97 Å². The van der Waals surface area contributed by atoms with E-state index in [9.17, 15) is 14.3 Å². The molecule has 126 valence electrons. The number of hydrogen-bond donors (Lipinski definition) is 1. The van der Waals surface area contributed by atoms with Gasteiger partial charge in [-0.1, -0.05) is 36.4 Å². The maximum atomic E-state index is 14.1. The molecular formula is C20H13FN3O2+. The van der Waals surface area contributed by atoms with Crippen LogP contribution >= 0.6 is 0 Å². The highest BCUT2D eigenvalue weighted by Crippen LogP contribution is 2.26. The molecule has 0 aliphatic rings. The van der Waals surface area contributed by atoms with Crippen LogP contribution in [0.5, 0.6) is 5.88 Å². The molecule has 3 heterocycles. The first-order chi connectivity index (χ1) is 12.7. The number of aromatic nitrogens is 3. The molecule has 26 heavy (non-hydrogen) atoms. The number of para-hydroxylation sites is 2. The van der Waals surface area contributed by atoms with E-state index in [-0.39, 0.29) is 22.5 Å². The van der Waals surface area contributed by atoms with Gasteiger partial charge in [0.15, 0.2) is 11.0 Å². The average Bonchev–Trinajstić information content (AvgIpc) is 3.11. The monoisotopic (exact) mass is 346 g/mol. The average molecular weight is 346 g/mol. The van der Waals surface area contributed by atoms with Gasteiger partial charge in [-0.2, -0.15) is 13.5 Å². The first-order valence-electron chi connectivity index (χ1n) is 8.11. The smallest absolute Gasteiger partial charge is 0.386 e. The number of nitrogens with zero attached hydrogens (tertiary/aromatic N) is 3. The molecule has 5 rings (SSSR count). The number of pyridine rings is 1. The SMILES string of the molecule is O=c1c2cc(F)cc3c(O)[n+](-c4ccccc4)c(n1-c1ccccc1)n32. The lowest BCUT2D eigenvalue weighted by Crippen LogP contribution is -2.33. The quantitative estimate of drug-likeness (QED) is 0.500. The number of rotatable bonds is 2. The van der Waals surface area contributed by atoms with Crippen LogP contribution in [0.4, 0.5) is 4.39 Å². The van der Waals surface area contributed by atoms with E-state index >= 15 is 0 Å². The lowest BCUT2D eigenvalue weighted by Gasteiger charge is -2.01. The maximum Gasteiger partial charge on any atom is 0.386 e. The van der Waals surface area contributed by atoms with Crippen molar-refractivity contribution < 1.29 is 14.1 Å². The van der Waals surface area contributed by atoms with Gasteiger partial charge < -0.3 is 5.11 Å². The standard InChI is InChI=1S/C20H12FN3O2/c21-13-11-16-18(25)22(14-7-3-1-4-8-14)20-23(15-9-5-2-6-10-15)19(26)17(12-13)24(16)20/h1-12H/p+1. The van der Waals surface area contributed by atoms with E-state index in [0.717, 1.165) is 0 Å². The molecule has 5 nitrogen and oxygen atoms in total. The van der Waals surface area contributed by atoms with Crippen LogP contribution in [-0.2, 0) is 0 Å². The third kappa shape index (κ3) is 1.84. The Morgan fingerprint density at radius 1 is 0.885 bits per heavy atom. The van der Waals surface area contributed by atoms with Crippen molar-refractivity contribution in [2.24, 2.45) is 0 Å². The summed E-state index contributed by atoms with van der Waals surface area (Å²) in [6.07, 6.45) is 0. The Hall–Kier alpha value is -3.67. The highest BCUT2D eigenvalue weighted by Gasteiger charge is 2.33. The molecule has 0 amide bonds. The predicted octanol–water partition coefficient (Wildman–Crippen LogP) is 2.80. The number of hydrogen-bond acceptors (Lipinski definition) is 2. The molecule has 0 aliphatic heterocycles. The van der Waals surface area contributed by atoms with Crippen molar-refractivity contribution in [3.8, 4) is 17.3 Å². The molecule has 3 aromatic heterocycles. The van der Waals surface area contributed by atoms with Crippen molar-refractivity contribution >= 4 is 16.8 Å². The van der Waals surface area contributed by atoms with E-state index in [4.69, 9.17) is 0 Å². The molecular weight excluding hydrogens is 333 g/mol. The van der Waals surface area contributed by atoms with Gasteiger partial charge >= 0.3 is 17.2 Å². The Bertz CT molecular complexity index is 1310. The first kappa shape index (κ1) is 14.7. The van der Waals surface area contributed by atoms with Gasteiger partial charge in [0.25, 0.3) is 0 Å². The van der Waals surface area contributed by atoms with Crippen molar-refractivity contribution in [1.29, 1.82) is 0 Å². The first-order valence-corrected chi connectivity index (χ1v) is 8.11. The molecule has 1 N–H and O–H groups in total. The summed E-state index contributed by atoms with van der Waals surface area (Å²) in [5.41, 5.74) is 1.37. The molecule has 2 aromatic carbocycles. The molecule has 6 heteroatoms. The van der Waals surface area contributed by atoms with Crippen LogP contribution in [0, 0.1) is 5.82 Å². The number of imidazole rings is 2. The maximum absolute atomic E-state index is 14.1. The largest absolute Gasteiger partial charge is 0.481 e. The molecule has 0 saturated carbocycles. The van der Waals surface area contributed by atoms with Gasteiger partial charge in [0.1, 0.15) is 17.2 Å². The lowest BCUT2D eigenvalue weighted by molar-refractivity contribution is -0.577. The minimum absolute atomic E-state index is 0.125. The normalized spacial score (nSPS) is 11.6. The van der Waals surface area contributed by atoms with Gasteiger partial charge in [0, 0.05) is 12.1 Å². The van der Waals surface area contributed by atoms with E-state index in [0.29, 0.717) is 17.2 Å². The van der Waals surface area contributed by atoms with E-state index in [2.05, 4.69) is 0 Å². The van der Waals surface area contributed by atoms with Crippen LogP contribution in [0.15, 0.2) is 77.6 Å². The Labute approximate surface area is 146 Å². The summed E-state index contributed by atoms with van der Waals surface area (Å²) < 4.78 is 18.7. The fourth-order valence-electron chi connectivity index (χ4n) is 3.44. The zero-order chi connectivity index (χ0) is 17.8. The van der Waals surface area contributed by atoms with E-state index in [1.54, 1.807) is 21.1 Å². The molecule has 0 unspecified atom stereocenters. The minimum atomic E-state index is -0.574. The Balaban J connectivity index is 2.05. The number of halogens is 1. The zero-order valence-corrected chi connectivity index (χ0v) is 13.5. The highest BCUT2D eigenvalue weighted by atomic mass is 19.1. The van der Waals surface area contributed by atoms with Gasteiger partial charge in [-0.25, -0.2) is 9.18 Å². The summed E-state index contributed by atoms with van der Waals surface area (Å²) in [5.74, 6) is -0.259. The van der Waals surface area contributed by atoms with Crippen molar-refractivity contribution in [3.05, 3.63) is 89.0 Å². The Morgan fingerprint density at radius 2 is 1.50 bits per heavy atom. The molecule has 0 radical (unpaired) electrons. The van der Waals surface area contributed by atoms with Crippen LogP contribution in [-0.4, -0.2) is 14.1 Å². The van der Waals surface area contributed by atoms with Crippen LogP contribution in [0.2, 0.25) is 0 Å². The third-order valence-electron chi connectivity index (χ3n) is 4.52. The van der Waals surface area contributed by atoms with E-state index in [1.807, 2.05) is 48.5 Å². The van der Waals surface area contributed by atoms with Crippen molar-refractivity contribution in [3.63, 3.8) is 0 Å². The molecule has 0 spiro atoms. The number of aromatic hydroxyl groups is 1. The van der Waals surface area contributed by atoms with Crippen molar-refractivity contribution in [2.45, 2.75) is 0 Å². The highest BCUT2D eigenvalue weighted by molar-refractivity contribution is 5.71. The van der Waals surface area contributed by atoms with Gasteiger partial charge in [-0.3, -0.25) is 0 Å². The zero-order valence-electron chi connectivity index (χ0n) is 13.5. The third-order valence-corrected chi connectivity index (χ3v) is 4.52. The van der Waals surface area contributed by atoms with Crippen LogP contribution in [0.1, 0.15) is 0 Å². The Kier molecular flexibility index (Phi) is 2.91. The van der Waals surface area contributed by atoms with Gasteiger partial charge in [-0.15, -0.1) is 0 Å². The van der Waals surface area contributed by atoms with Gasteiger partial charge in [0.05, 0.1) is 0 Å². The fourth-order valence-corrected chi connectivity index (χ4v) is 3.44. The fraction of sp³-hybridized carbons (Fsp3) is 0. The molecule has 0 bridgehead atoms. The van der Waals surface area contributed by atoms with E-state index in [1.165, 1.54) is 16.7 Å². The second-order valence-electron chi connectivity index (χ2n) is 6.05. The summed E-state index contributed by atoms with van der Waals surface area (Å²) in [4.78, 5) is 13.0. The second kappa shape index (κ2) is 5.16. The summed E-state index contributed by atoms with van der Waals surface area (Å²) in [7, 11) is 0. The molecule has 5 aromatic rings. The predicted molar refractivity (Wildman–Crippen MR) is 94.8 cm³/mol. The number of benzene rings is 2. The van der Waals surface area contributed by atoms with Gasteiger partial charge in [-0.05, 0) is 24.3 Å². The second-order valence-corrected chi connectivity index (χ2v) is 6.05. The van der Waals surface area contributed by atoms with Crippen LogP contribution < -0.4 is 10.1 Å². The summed E-state index contributed by atoms with van der Waals surface area (Å²) in [6, 6.07) is 20.7. The summed E-state index contributed by atoms with van der Waals surface area (Å²) in [5, 5.41) is 10.8. The molecule has 0 fully saturated rings. The molecule has 0 atom stereocenters. The Morgan fingerprint density at radius 3 is 2.19 bits per heavy atom. The van der Waals surface area contributed by atoms with Crippen LogP contribution in [0.3, 0.4) is 0 Å². The molecule has 0 aliphatic carbocycles. The molecule has 0 saturated heterocycles. The lowest BCUT2D eigenvalue weighted by atomic mass is 10.3. The summed E-state index contributed by atoms with van der Waals surface area (Å²) in [6.45, 7) is 0.